The molecule has 0 spiro atoms. The Morgan fingerprint density at radius 3 is 2.11 bits per heavy atom. The predicted molar refractivity (Wildman–Crippen MR) is 83.3 cm³/mol. The van der Waals surface area contributed by atoms with Gasteiger partial charge in [0.1, 0.15) is 11.5 Å². The summed E-state index contributed by atoms with van der Waals surface area (Å²) < 4.78 is 6.60. The van der Waals surface area contributed by atoms with Gasteiger partial charge in [-0.25, -0.2) is 0 Å². The first-order chi connectivity index (χ1) is 8.60. The van der Waals surface area contributed by atoms with Crippen LogP contribution in [0.4, 0.5) is 0 Å². The third-order valence-electron chi connectivity index (χ3n) is 2.26. The number of benzene rings is 2. The molecule has 0 atom stereocenters. The van der Waals surface area contributed by atoms with E-state index in [1.165, 1.54) is 0 Å². The van der Waals surface area contributed by atoms with Crippen molar-refractivity contribution in [2.45, 2.75) is 5.33 Å². The van der Waals surface area contributed by atoms with Gasteiger partial charge in [0.15, 0.2) is 0 Å². The van der Waals surface area contributed by atoms with Crippen LogP contribution in [0.25, 0.3) is 0 Å². The van der Waals surface area contributed by atoms with E-state index in [-0.39, 0.29) is 0 Å². The first-order valence-electron chi connectivity index (χ1n) is 5.07. The standard InChI is InChI=1S/C13H8Br2Cl2O/c14-7-8-1-3-12(10(16)5-8)18-13-4-2-9(15)6-11(13)17/h1-6H,7H2. The molecule has 0 saturated heterocycles. The van der Waals surface area contributed by atoms with Gasteiger partial charge in [0.2, 0.25) is 0 Å². The lowest BCUT2D eigenvalue weighted by molar-refractivity contribution is 0.483. The van der Waals surface area contributed by atoms with Crippen LogP contribution in [0, 0.1) is 0 Å². The number of hydrogen-bond acceptors (Lipinski definition) is 1. The van der Waals surface area contributed by atoms with E-state index >= 15 is 0 Å². The van der Waals surface area contributed by atoms with E-state index in [4.69, 9.17) is 27.9 Å². The molecule has 0 saturated carbocycles. The summed E-state index contributed by atoms with van der Waals surface area (Å²) in [6, 6.07) is 11.1. The van der Waals surface area contributed by atoms with Crippen LogP contribution in [0.5, 0.6) is 11.5 Å². The Morgan fingerprint density at radius 2 is 1.56 bits per heavy atom. The Labute approximate surface area is 132 Å². The lowest BCUT2D eigenvalue weighted by atomic mass is 10.2. The van der Waals surface area contributed by atoms with E-state index in [1.807, 2.05) is 24.3 Å². The first kappa shape index (κ1) is 14.2. The molecule has 0 aliphatic carbocycles. The highest BCUT2D eigenvalue weighted by Crippen LogP contribution is 2.35. The summed E-state index contributed by atoms with van der Waals surface area (Å²) in [6.45, 7) is 0. The van der Waals surface area contributed by atoms with Gasteiger partial charge in [0.05, 0.1) is 10.0 Å². The third kappa shape index (κ3) is 3.41. The topological polar surface area (TPSA) is 9.23 Å². The van der Waals surface area contributed by atoms with Crippen molar-refractivity contribution >= 4 is 55.1 Å². The highest BCUT2D eigenvalue weighted by Gasteiger charge is 2.07. The maximum absolute atomic E-state index is 6.14. The van der Waals surface area contributed by atoms with Gasteiger partial charge in [0, 0.05) is 9.80 Å². The second kappa shape index (κ2) is 6.29. The Hall–Kier alpha value is -0.220. The van der Waals surface area contributed by atoms with E-state index < -0.39 is 0 Å². The molecular weight excluding hydrogens is 403 g/mol. The molecule has 18 heavy (non-hydrogen) atoms. The van der Waals surface area contributed by atoms with Gasteiger partial charge in [-0.15, -0.1) is 0 Å². The van der Waals surface area contributed by atoms with Gasteiger partial charge in [-0.2, -0.15) is 0 Å². The molecule has 2 rings (SSSR count). The molecule has 0 aliphatic rings. The van der Waals surface area contributed by atoms with Crippen molar-refractivity contribution in [2.75, 3.05) is 0 Å². The molecule has 0 fully saturated rings. The summed E-state index contributed by atoms with van der Waals surface area (Å²) >= 11 is 18.9. The van der Waals surface area contributed by atoms with Crippen molar-refractivity contribution in [3.8, 4) is 11.5 Å². The van der Waals surface area contributed by atoms with E-state index in [0.29, 0.717) is 21.5 Å². The Morgan fingerprint density at radius 1 is 0.944 bits per heavy atom. The number of rotatable bonds is 3. The SMILES string of the molecule is Clc1cc(Br)ccc1Oc1ccc(CBr)cc1Cl. The van der Waals surface area contributed by atoms with Crippen LogP contribution in [-0.2, 0) is 5.33 Å². The van der Waals surface area contributed by atoms with Crippen LogP contribution >= 0.6 is 55.1 Å². The van der Waals surface area contributed by atoms with E-state index in [1.54, 1.807) is 12.1 Å². The molecule has 2 aromatic carbocycles. The summed E-state index contributed by atoms with van der Waals surface area (Å²) in [5.41, 5.74) is 1.09. The molecule has 0 bridgehead atoms. The van der Waals surface area contributed by atoms with Crippen LogP contribution in [0.3, 0.4) is 0 Å². The highest BCUT2D eigenvalue weighted by molar-refractivity contribution is 9.10. The largest absolute Gasteiger partial charge is 0.454 e. The summed E-state index contributed by atoms with van der Waals surface area (Å²) in [7, 11) is 0. The quantitative estimate of drug-likeness (QED) is 0.529. The van der Waals surface area contributed by atoms with Crippen molar-refractivity contribution in [2.24, 2.45) is 0 Å². The zero-order valence-electron chi connectivity index (χ0n) is 9.09. The summed E-state index contributed by atoms with van der Waals surface area (Å²) in [6.07, 6.45) is 0. The van der Waals surface area contributed by atoms with Gasteiger partial charge < -0.3 is 4.74 Å². The van der Waals surface area contributed by atoms with Gasteiger partial charge in [-0.1, -0.05) is 61.1 Å². The predicted octanol–water partition coefficient (Wildman–Crippen LogP) is 6.44. The molecule has 2 aromatic rings. The molecule has 94 valence electrons. The van der Waals surface area contributed by atoms with Crippen LogP contribution in [0.1, 0.15) is 5.56 Å². The molecule has 1 nitrogen and oxygen atoms in total. The summed E-state index contributed by atoms with van der Waals surface area (Å²) in [5, 5.41) is 1.85. The Balaban J connectivity index is 2.28. The van der Waals surface area contributed by atoms with Gasteiger partial charge in [-0.3, -0.25) is 0 Å². The Bertz CT molecular complexity index is 573. The minimum atomic E-state index is 0.532. The highest BCUT2D eigenvalue weighted by atomic mass is 79.9. The van der Waals surface area contributed by atoms with Crippen LogP contribution in [0.2, 0.25) is 10.0 Å². The summed E-state index contributed by atoms with van der Waals surface area (Å²) in [4.78, 5) is 0. The van der Waals surface area contributed by atoms with Crippen LogP contribution in [0.15, 0.2) is 40.9 Å². The van der Waals surface area contributed by atoms with E-state index in [0.717, 1.165) is 15.4 Å². The van der Waals surface area contributed by atoms with Gasteiger partial charge in [0.25, 0.3) is 0 Å². The zero-order valence-corrected chi connectivity index (χ0v) is 13.8. The van der Waals surface area contributed by atoms with Crippen molar-refractivity contribution in [1.29, 1.82) is 0 Å². The van der Waals surface area contributed by atoms with Crippen molar-refractivity contribution in [1.82, 2.24) is 0 Å². The lowest BCUT2D eigenvalue weighted by Gasteiger charge is -2.10. The minimum Gasteiger partial charge on any atom is -0.454 e. The second-order valence-corrected chi connectivity index (χ2v) is 5.87. The van der Waals surface area contributed by atoms with E-state index in [9.17, 15) is 0 Å². The number of hydrogen-bond donors (Lipinski definition) is 0. The number of ether oxygens (including phenoxy) is 1. The first-order valence-corrected chi connectivity index (χ1v) is 7.74. The average Bonchev–Trinajstić information content (AvgIpc) is 2.34. The lowest BCUT2D eigenvalue weighted by Crippen LogP contribution is -1.87. The average molecular weight is 411 g/mol. The third-order valence-corrected chi connectivity index (χ3v) is 4.00. The zero-order chi connectivity index (χ0) is 13.1. The smallest absolute Gasteiger partial charge is 0.146 e. The molecule has 0 aliphatic heterocycles. The molecule has 0 N–H and O–H groups in total. The van der Waals surface area contributed by atoms with E-state index in [2.05, 4.69) is 31.9 Å². The monoisotopic (exact) mass is 408 g/mol. The van der Waals surface area contributed by atoms with Crippen molar-refractivity contribution < 1.29 is 4.74 Å². The normalized spacial score (nSPS) is 10.4. The maximum Gasteiger partial charge on any atom is 0.146 e. The second-order valence-electron chi connectivity index (χ2n) is 3.58. The van der Waals surface area contributed by atoms with Gasteiger partial charge >= 0.3 is 0 Å². The fourth-order valence-corrected chi connectivity index (χ4v) is 2.69. The van der Waals surface area contributed by atoms with Crippen LogP contribution in [-0.4, -0.2) is 0 Å². The minimum absolute atomic E-state index is 0.532. The molecular formula is C13H8Br2Cl2O. The molecule has 0 heterocycles. The molecule has 0 radical (unpaired) electrons. The number of alkyl halides is 1. The van der Waals surface area contributed by atoms with Crippen molar-refractivity contribution in [3.63, 3.8) is 0 Å². The maximum atomic E-state index is 6.14. The molecule has 5 heteroatoms. The molecule has 0 aromatic heterocycles. The van der Waals surface area contributed by atoms with Gasteiger partial charge in [-0.05, 0) is 35.9 Å². The van der Waals surface area contributed by atoms with Crippen LogP contribution < -0.4 is 4.74 Å². The molecule has 0 amide bonds. The Kier molecular flexibility index (Phi) is 4.96. The fourth-order valence-electron chi connectivity index (χ4n) is 1.39. The summed E-state index contributed by atoms with van der Waals surface area (Å²) in [5.74, 6) is 1.17. The van der Waals surface area contributed by atoms with Crippen molar-refractivity contribution in [3.05, 3.63) is 56.5 Å². The number of halogens is 4. The molecule has 0 unspecified atom stereocenters. The fraction of sp³-hybridized carbons (Fsp3) is 0.0769.